The average Bonchev–Trinajstić information content (AvgIpc) is 2.15. The molecule has 57 valence electrons. The van der Waals surface area contributed by atoms with Crippen molar-refractivity contribution >= 4 is 12.4 Å². The van der Waals surface area contributed by atoms with Gasteiger partial charge in [-0.05, 0) is 23.8 Å². The summed E-state index contributed by atoms with van der Waals surface area (Å²) in [5, 5.41) is 8.47. The number of benzene rings is 1. The molecule has 0 bridgehead atoms. The highest BCUT2D eigenvalue weighted by molar-refractivity contribution is 5.74. The van der Waals surface area contributed by atoms with Gasteiger partial charge in [-0.3, -0.25) is 4.79 Å². The van der Waals surface area contributed by atoms with E-state index in [1.54, 1.807) is 36.6 Å². The zero-order valence-electron chi connectivity index (χ0n) is 6.32. The Balaban J connectivity index is 2.86. The molecule has 0 aliphatic carbocycles. The second-order valence-corrected chi connectivity index (χ2v) is 2.18. The molecule has 0 aliphatic rings. The minimum atomic E-state index is 0.613. The predicted molar refractivity (Wildman–Crippen MR) is 45.9 cm³/mol. The van der Waals surface area contributed by atoms with E-state index in [-0.39, 0.29) is 0 Å². The Kier molecular flexibility index (Phi) is 2.80. The third-order valence-corrected chi connectivity index (χ3v) is 1.38. The van der Waals surface area contributed by atoms with Crippen LogP contribution in [0.2, 0.25) is 0 Å². The third-order valence-electron chi connectivity index (χ3n) is 1.38. The molecular weight excluding hydrogens is 150 g/mol. The molecule has 0 heterocycles. The van der Waals surface area contributed by atoms with Gasteiger partial charge in [0.1, 0.15) is 0 Å². The maximum absolute atomic E-state index is 9.84. The molecule has 0 N–H and O–H groups in total. The number of hydrogen-bond acceptors (Lipinski definition) is 2. The van der Waals surface area contributed by atoms with Crippen molar-refractivity contribution in [1.82, 2.24) is 0 Å². The third kappa shape index (κ3) is 2.06. The fourth-order valence-corrected chi connectivity index (χ4v) is 0.799. The Morgan fingerprint density at radius 1 is 1.25 bits per heavy atom. The van der Waals surface area contributed by atoms with E-state index in [0.29, 0.717) is 5.56 Å². The van der Waals surface area contributed by atoms with E-state index in [2.05, 4.69) is 0 Å². The van der Waals surface area contributed by atoms with E-state index in [4.69, 9.17) is 5.26 Å². The van der Waals surface area contributed by atoms with Crippen LogP contribution in [-0.2, 0) is 4.79 Å². The van der Waals surface area contributed by atoms with Crippen molar-refractivity contribution < 1.29 is 4.79 Å². The van der Waals surface area contributed by atoms with Crippen molar-refractivity contribution in [2.75, 3.05) is 0 Å². The number of rotatable bonds is 2. The maximum atomic E-state index is 9.84. The highest BCUT2D eigenvalue weighted by Gasteiger charge is 1.88. The molecule has 0 fully saturated rings. The predicted octanol–water partition coefficient (Wildman–Crippen LogP) is 1.68. The lowest BCUT2D eigenvalue weighted by Gasteiger charge is -1.90. The Morgan fingerprint density at radius 3 is 2.42 bits per heavy atom. The van der Waals surface area contributed by atoms with Crippen LogP contribution < -0.4 is 0 Å². The van der Waals surface area contributed by atoms with E-state index in [1.165, 1.54) is 6.08 Å². The Labute approximate surface area is 70.8 Å². The summed E-state index contributed by atoms with van der Waals surface area (Å²) < 4.78 is 0. The van der Waals surface area contributed by atoms with Crippen molar-refractivity contribution in [3.63, 3.8) is 0 Å². The van der Waals surface area contributed by atoms with Crippen LogP contribution in [0.1, 0.15) is 11.1 Å². The quantitative estimate of drug-likeness (QED) is 0.611. The van der Waals surface area contributed by atoms with Gasteiger partial charge < -0.3 is 0 Å². The summed E-state index contributed by atoms with van der Waals surface area (Å²) in [5.41, 5.74) is 1.50. The van der Waals surface area contributed by atoms with Crippen molar-refractivity contribution in [3.05, 3.63) is 41.5 Å². The first kappa shape index (κ1) is 8.22. The molecule has 0 atom stereocenters. The summed E-state index contributed by atoms with van der Waals surface area (Å²) in [6.07, 6.45) is 4.58. The van der Waals surface area contributed by atoms with Crippen LogP contribution in [0, 0.1) is 11.3 Å². The van der Waals surface area contributed by atoms with Crippen LogP contribution in [0.25, 0.3) is 6.08 Å². The molecule has 2 nitrogen and oxygen atoms in total. The van der Waals surface area contributed by atoms with E-state index in [1.807, 2.05) is 6.07 Å². The van der Waals surface area contributed by atoms with Crippen LogP contribution in [0.3, 0.4) is 0 Å². The first-order valence-electron chi connectivity index (χ1n) is 3.41. The molecule has 0 amide bonds. The first-order chi connectivity index (χ1) is 5.86. The topological polar surface area (TPSA) is 40.9 Å². The fourth-order valence-electron chi connectivity index (χ4n) is 0.799. The highest BCUT2D eigenvalue weighted by atomic mass is 16.1. The molecule has 1 radical (unpaired) electrons. The van der Waals surface area contributed by atoms with Crippen LogP contribution >= 0.6 is 0 Å². The summed E-state index contributed by atoms with van der Waals surface area (Å²) in [6, 6.07) is 8.95. The van der Waals surface area contributed by atoms with Crippen molar-refractivity contribution in [2.45, 2.75) is 0 Å². The van der Waals surface area contributed by atoms with E-state index in [9.17, 15) is 4.79 Å². The van der Waals surface area contributed by atoms with Crippen molar-refractivity contribution in [2.24, 2.45) is 0 Å². The molecular formula is C10H6NO. The van der Waals surface area contributed by atoms with Gasteiger partial charge in [-0.15, -0.1) is 0 Å². The molecule has 0 aromatic heterocycles. The zero-order valence-corrected chi connectivity index (χ0v) is 6.32. The monoisotopic (exact) mass is 156 g/mol. The lowest BCUT2D eigenvalue weighted by atomic mass is 10.1. The highest BCUT2D eigenvalue weighted by Crippen LogP contribution is 2.04. The number of nitrogens with zero attached hydrogens (tertiary/aromatic N) is 1. The number of hydrogen-bond donors (Lipinski definition) is 0. The number of carbonyl (C=O) groups excluding carboxylic acids is 1. The molecule has 0 spiro atoms. The fraction of sp³-hybridized carbons (Fsp3) is 0. The zero-order chi connectivity index (χ0) is 8.81. The molecule has 0 saturated carbocycles. The summed E-state index contributed by atoms with van der Waals surface area (Å²) in [5.74, 6) is 0. The van der Waals surface area contributed by atoms with Crippen LogP contribution in [0.5, 0.6) is 0 Å². The lowest BCUT2D eigenvalue weighted by Crippen LogP contribution is -1.74. The minimum Gasteiger partial charge on any atom is -0.286 e. The van der Waals surface area contributed by atoms with Crippen LogP contribution in [0.15, 0.2) is 30.3 Å². The summed E-state index contributed by atoms with van der Waals surface area (Å²) in [4.78, 5) is 9.84. The Morgan fingerprint density at radius 2 is 1.92 bits per heavy atom. The standard InChI is InChI=1S/C10H6NO/c11-8-10-5-3-9(4-6-10)2-1-7-12/h1-6H. The van der Waals surface area contributed by atoms with Gasteiger partial charge in [0, 0.05) is 0 Å². The van der Waals surface area contributed by atoms with Gasteiger partial charge in [0.05, 0.1) is 11.6 Å². The number of allylic oxidation sites excluding steroid dienone is 1. The SMILES string of the molecule is N#Cc1ccc(C=C[C]=O)cc1. The van der Waals surface area contributed by atoms with Gasteiger partial charge in [-0.25, -0.2) is 0 Å². The smallest absolute Gasteiger partial charge is 0.225 e. The second-order valence-electron chi connectivity index (χ2n) is 2.18. The lowest BCUT2D eigenvalue weighted by molar-refractivity contribution is 0.564. The van der Waals surface area contributed by atoms with Gasteiger partial charge in [-0.1, -0.05) is 18.2 Å². The molecule has 0 saturated heterocycles. The van der Waals surface area contributed by atoms with Crippen molar-refractivity contribution in [1.29, 1.82) is 5.26 Å². The van der Waals surface area contributed by atoms with Gasteiger partial charge in [0.25, 0.3) is 0 Å². The molecule has 1 rings (SSSR count). The van der Waals surface area contributed by atoms with Crippen molar-refractivity contribution in [3.8, 4) is 6.07 Å². The van der Waals surface area contributed by atoms with Gasteiger partial charge >= 0.3 is 0 Å². The van der Waals surface area contributed by atoms with E-state index in [0.717, 1.165) is 5.56 Å². The maximum Gasteiger partial charge on any atom is 0.225 e. The van der Waals surface area contributed by atoms with Crippen LogP contribution in [-0.4, -0.2) is 6.29 Å². The largest absolute Gasteiger partial charge is 0.286 e. The number of nitriles is 1. The normalized spacial score (nSPS) is 9.58. The Bertz CT molecular complexity index is 330. The first-order valence-corrected chi connectivity index (χ1v) is 3.41. The minimum absolute atomic E-state index is 0.613. The Hall–Kier alpha value is -1.88. The van der Waals surface area contributed by atoms with Gasteiger partial charge in [0.15, 0.2) is 0 Å². The van der Waals surface area contributed by atoms with Crippen LogP contribution in [0.4, 0.5) is 0 Å². The molecule has 1 aromatic carbocycles. The van der Waals surface area contributed by atoms with E-state index >= 15 is 0 Å². The molecule has 0 unspecified atom stereocenters. The summed E-state index contributed by atoms with van der Waals surface area (Å²) >= 11 is 0. The second kappa shape index (κ2) is 4.09. The van der Waals surface area contributed by atoms with Gasteiger partial charge in [-0.2, -0.15) is 5.26 Å². The molecule has 0 aliphatic heterocycles. The van der Waals surface area contributed by atoms with Gasteiger partial charge in [0.2, 0.25) is 6.29 Å². The molecule has 1 aromatic rings. The van der Waals surface area contributed by atoms with E-state index < -0.39 is 0 Å². The molecule has 2 heteroatoms. The summed E-state index contributed by atoms with van der Waals surface area (Å²) in [6.45, 7) is 0. The average molecular weight is 156 g/mol. The summed E-state index contributed by atoms with van der Waals surface area (Å²) in [7, 11) is 0. The molecule has 12 heavy (non-hydrogen) atoms.